The molecule has 4 aromatic rings. The number of hydrogen-bond acceptors (Lipinski definition) is 9. The molecule has 0 aromatic heterocycles. The van der Waals surface area contributed by atoms with Crippen molar-refractivity contribution in [2.24, 2.45) is 0 Å². The van der Waals surface area contributed by atoms with Crippen molar-refractivity contribution >= 4 is 54.7 Å². The van der Waals surface area contributed by atoms with Crippen molar-refractivity contribution in [3.63, 3.8) is 0 Å². The molecule has 0 spiro atoms. The Morgan fingerprint density at radius 3 is 0.833 bits per heavy atom. The average Bonchev–Trinajstić information content (AvgIpc) is 2.89. The Bertz CT molecular complexity index is 1650. The molecule has 0 aliphatic heterocycles. The SMILES string of the molecule is CC(=O)C1c2cc(c(O)cc2O)[CH]([Al])c2cc(c(O)cc2O)[CH]([Al])c2cc(c(O)cc2O)[CH]([Al])c2cc1c(O)cc2O. The van der Waals surface area contributed by atoms with Gasteiger partial charge in [-0.05, 0) is 64.6 Å². The fourth-order valence-corrected chi connectivity index (χ4v) is 7.11. The lowest BCUT2D eigenvalue weighted by molar-refractivity contribution is -0.117. The Labute approximate surface area is 265 Å². The van der Waals surface area contributed by atoms with Gasteiger partial charge in [-0.15, -0.1) is 0 Å². The summed E-state index contributed by atoms with van der Waals surface area (Å²) in [6, 6.07) is 10.2. The second kappa shape index (κ2) is 11.0. The number of aromatic hydroxyl groups is 8. The van der Waals surface area contributed by atoms with Crippen LogP contribution in [0.4, 0.5) is 0 Å². The van der Waals surface area contributed by atoms with E-state index in [-0.39, 0.29) is 79.0 Å². The van der Waals surface area contributed by atoms with E-state index in [9.17, 15) is 45.6 Å². The number of ketones is 1. The number of Topliss-reactive ketones (excluding diaryl/α,β-unsaturated/α-hetero) is 1. The number of rotatable bonds is 1. The molecule has 5 rings (SSSR count). The highest BCUT2D eigenvalue weighted by Crippen LogP contribution is 2.48. The monoisotopic (exact) mass is 608 g/mol. The molecule has 4 aromatic carbocycles. The Kier molecular flexibility index (Phi) is 7.86. The topological polar surface area (TPSA) is 179 Å². The molecule has 0 saturated carbocycles. The first-order chi connectivity index (χ1) is 19.7. The molecule has 2 atom stereocenters. The van der Waals surface area contributed by atoms with Gasteiger partial charge in [0.1, 0.15) is 101 Å². The second-order valence-corrected chi connectivity index (χ2v) is 12.4. The maximum atomic E-state index is 13.1. The summed E-state index contributed by atoms with van der Waals surface area (Å²) in [7, 11) is 0. The first kappa shape index (κ1) is 30.0. The lowest BCUT2D eigenvalue weighted by Crippen LogP contribution is -2.14. The van der Waals surface area contributed by atoms with Crippen LogP contribution in [-0.2, 0) is 4.79 Å². The lowest BCUT2D eigenvalue weighted by atomic mass is 9.83. The molecule has 0 fully saturated rings. The normalized spacial score (nSPS) is 19.7. The van der Waals surface area contributed by atoms with E-state index in [1.165, 1.54) is 31.2 Å². The van der Waals surface area contributed by atoms with Gasteiger partial charge in [0.15, 0.2) is 0 Å². The quantitative estimate of drug-likeness (QED) is 0.151. The minimum atomic E-state index is -1.24. The van der Waals surface area contributed by atoms with Crippen LogP contribution in [0.1, 0.15) is 71.7 Å². The third-order valence-electron chi connectivity index (χ3n) is 7.74. The van der Waals surface area contributed by atoms with E-state index in [0.29, 0.717) is 0 Å². The van der Waals surface area contributed by atoms with Gasteiger partial charge in [-0.25, -0.2) is 0 Å². The number of fused-ring (bicyclic) bond motifs is 8. The van der Waals surface area contributed by atoms with Crippen molar-refractivity contribution in [3.05, 3.63) is 93.0 Å². The molecule has 0 heterocycles. The van der Waals surface area contributed by atoms with E-state index in [4.69, 9.17) is 0 Å². The molecule has 42 heavy (non-hydrogen) atoms. The Balaban J connectivity index is 1.92. The van der Waals surface area contributed by atoms with Crippen LogP contribution in [0.5, 0.6) is 46.0 Å². The predicted molar refractivity (Wildman–Crippen MR) is 154 cm³/mol. The number of phenolic OH excluding ortho intramolecular Hbond substituents is 8. The van der Waals surface area contributed by atoms with E-state index in [0.717, 1.165) is 24.3 Å². The van der Waals surface area contributed by atoms with Crippen LogP contribution >= 0.6 is 0 Å². The first-order valence-electron chi connectivity index (χ1n) is 12.7. The molecule has 9 nitrogen and oxygen atoms in total. The zero-order chi connectivity index (χ0) is 30.8. The van der Waals surface area contributed by atoms with Gasteiger partial charge in [-0.2, -0.15) is 0 Å². The standard InChI is InChI=1S/C30H23O9.3Al/c1-13(31)30-20-7-18(26(36)11-28(20)38)5-16-3-14(22(32)9-24(16)34)2-15-4-17(25(35)10-23(15)33)6-19-8-21(30)29(39)12-27(19)37;;;/h2-12,30,32-39H,1H3;;;. The fraction of sp³-hybridized carbons (Fsp3) is 0.167. The molecule has 2 unspecified atom stereocenters. The van der Waals surface area contributed by atoms with Gasteiger partial charge in [0.05, 0.1) is 5.92 Å². The highest BCUT2D eigenvalue weighted by atomic mass is 27.1. The van der Waals surface area contributed by atoms with Gasteiger partial charge in [0.25, 0.3) is 0 Å². The molecule has 0 amide bonds. The molecule has 1 aliphatic rings. The van der Waals surface area contributed by atoms with Gasteiger partial charge >= 0.3 is 0 Å². The third kappa shape index (κ3) is 4.95. The fourth-order valence-electron chi connectivity index (χ4n) is 5.51. The molecule has 1 aliphatic carbocycles. The number of hydrogen-bond donors (Lipinski definition) is 8. The van der Waals surface area contributed by atoms with Gasteiger partial charge < -0.3 is 40.9 Å². The van der Waals surface area contributed by atoms with Crippen molar-refractivity contribution in [1.29, 1.82) is 0 Å². The van der Waals surface area contributed by atoms with E-state index < -0.39 is 37.5 Å². The smallest absolute Gasteiger partial charge is 0.141 e. The number of phenols is 8. The summed E-state index contributed by atoms with van der Waals surface area (Å²) in [6.07, 6.45) is 0. The highest BCUT2D eigenvalue weighted by molar-refractivity contribution is 6.17. The molecule has 8 N–H and O–H groups in total. The zero-order valence-electron chi connectivity index (χ0n) is 22.1. The maximum Gasteiger partial charge on any atom is 0.141 e. The first-order valence-corrected chi connectivity index (χ1v) is 14.7. The highest BCUT2D eigenvalue weighted by Gasteiger charge is 2.31. The summed E-state index contributed by atoms with van der Waals surface area (Å²) in [5.74, 6) is -4.38. The van der Waals surface area contributed by atoms with Gasteiger partial charge in [-0.3, -0.25) is 4.79 Å². The molecule has 206 valence electrons. The Morgan fingerprint density at radius 1 is 0.429 bits per heavy atom. The summed E-state index contributed by atoms with van der Waals surface area (Å²) in [6.45, 7) is 1.27. The summed E-state index contributed by atoms with van der Waals surface area (Å²) >= 11 is 7.49. The zero-order valence-corrected chi connectivity index (χ0v) is 25.6. The largest absolute Gasteiger partial charge is 0.508 e. The van der Waals surface area contributed by atoms with Gasteiger partial charge in [0.2, 0.25) is 0 Å². The molecule has 12 heteroatoms. The van der Waals surface area contributed by atoms with Gasteiger partial charge in [-0.1, -0.05) is 14.3 Å². The predicted octanol–water partition coefficient (Wildman–Crippen LogP) is 3.14. The Hall–Kier alpha value is -3.45. The van der Waals surface area contributed by atoms with E-state index in [1.54, 1.807) is 0 Å². The average molecular weight is 608 g/mol. The minimum absolute atomic E-state index is 0.0549. The summed E-state index contributed by atoms with van der Waals surface area (Å²) in [5, 5.41) is 86.7. The van der Waals surface area contributed by atoms with Crippen LogP contribution in [-0.4, -0.2) is 95.5 Å². The van der Waals surface area contributed by atoms with Crippen LogP contribution in [0, 0.1) is 0 Å². The third-order valence-corrected chi connectivity index (χ3v) is 9.90. The molecular weight excluding hydrogens is 585 g/mol. The van der Waals surface area contributed by atoms with Crippen LogP contribution in [0.3, 0.4) is 0 Å². The maximum absolute atomic E-state index is 13.1. The summed E-state index contributed by atoms with van der Waals surface area (Å²) in [4.78, 5) is 13.1. The van der Waals surface area contributed by atoms with E-state index in [2.05, 4.69) is 48.9 Å². The Morgan fingerprint density at radius 2 is 0.619 bits per heavy atom. The van der Waals surface area contributed by atoms with Crippen molar-refractivity contribution < 1.29 is 45.6 Å². The van der Waals surface area contributed by atoms with Crippen LogP contribution < -0.4 is 0 Å². The number of benzene rings is 4. The van der Waals surface area contributed by atoms with Crippen molar-refractivity contribution in [1.82, 2.24) is 0 Å². The molecule has 8 bridgehead atoms. The molecular formula is C30H23Al3O9. The lowest BCUT2D eigenvalue weighted by Gasteiger charge is -2.27. The van der Waals surface area contributed by atoms with Crippen molar-refractivity contribution in [3.8, 4) is 46.0 Å². The van der Waals surface area contributed by atoms with Crippen LogP contribution in [0.25, 0.3) is 0 Å². The van der Waals surface area contributed by atoms with Crippen LogP contribution in [0.15, 0.2) is 48.5 Å². The molecule has 6 radical (unpaired) electrons. The van der Waals surface area contributed by atoms with Crippen molar-refractivity contribution in [2.75, 3.05) is 0 Å². The number of carbonyl (C=O) groups excluding carboxylic acids is 1. The van der Waals surface area contributed by atoms with E-state index >= 15 is 0 Å². The second-order valence-electron chi connectivity index (χ2n) is 10.4. The molecule has 0 saturated heterocycles. The van der Waals surface area contributed by atoms with Crippen LogP contribution in [0.2, 0.25) is 0 Å². The number of carbonyl (C=O) groups is 1. The van der Waals surface area contributed by atoms with Crippen molar-refractivity contribution in [2.45, 2.75) is 27.2 Å². The minimum Gasteiger partial charge on any atom is -0.508 e. The van der Waals surface area contributed by atoms with Gasteiger partial charge in [0, 0.05) is 35.4 Å². The summed E-state index contributed by atoms with van der Waals surface area (Å²) < 4.78 is -2.38. The summed E-state index contributed by atoms with van der Waals surface area (Å²) in [5.41, 5.74) is 1.61. The van der Waals surface area contributed by atoms with E-state index in [1.807, 2.05) is 0 Å².